The number of imidazole rings is 1. The molecular formula is C22H20ClN5O. The van der Waals surface area contributed by atoms with Crippen LogP contribution in [0.3, 0.4) is 0 Å². The van der Waals surface area contributed by atoms with Gasteiger partial charge >= 0.3 is 0 Å². The van der Waals surface area contributed by atoms with Gasteiger partial charge in [0, 0.05) is 36.5 Å². The highest BCUT2D eigenvalue weighted by Gasteiger charge is 2.32. The zero-order valence-electron chi connectivity index (χ0n) is 15.8. The van der Waals surface area contributed by atoms with E-state index >= 15 is 0 Å². The first-order valence-electron chi connectivity index (χ1n) is 9.42. The molecular weight excluding hydrogens is 386 g/mol. The van der Waals surface area contributed by atoms with Crippen LogP contribution in [0.1, 0.15) is 23.2 Å². The molecule has 0 aliphatic carbocycles. The molecule has 7 heteroatoms. The Morgan fingerprint density at radius 1 is 1.17 bits per heavy atom. The molecule has 0 bridgehead atoms. The van der Waals surface area contributed by atoms with Gasteiger partial charge in [-0.2, -0.15) is 5.26 Å². The SMILES string of the molecule is N#Cc1ccc(Cn2cncc2CN[C@@H]2CCN(c3ccc(Cl)cc3)C2=O)cc1. The first-order chi connectivity index (χ1) is 14.1. The first-order valence-corrected chi connectivity index (χ1v) is 9.80. The molecule has 1 fully saturated rings. The molecule has 146 valence electrons. The van der Waals surface area contributed by atoms with E-state index in [1.165, 1.54) is 0 Å². The number of nitriles is 1. The monoisotopic (exact) mass is 405 g/mol. The van der Waals surface area contributed by atoms with E-state index in [2.05, 4.69) is 16.4 Å². The number of halogens is 1. The summed E-state index contributed by atoms with van der Waals surface area (Å²) < 4.78 is 2.05. The van der Waals surface area contributed by atoms with Crippen molar-refractivity contribution >= 4 is 23.2 Å². The molecule has 1 atom stereocenters. The number of nitrogens with one attached hydrogen (secondary N) is 1. The summed E-state index contributed by atoms with van der Waals surface area (Å²) in [6, 6.07) is 16.8. The minimum absolute atomic E-state index is 0.0745. The van der Waals surface area contributed by atoms with E-state index in [0.29, 0.717) is 30.2 Å². The van der Waals surface area contributed by atoms with Crippen molar-refractivity contribution in [3.05, 3.63) is 82.9 Å². The predicted molar refractivity (Wildman–Crippen MR) is 112 cm³/mol. The van der Waals surface area contributed by atoms with Crippen LogP contribution >= 0.6 is 11.6 Å². The quantitative estimate of drug-likeness (QED) is 0.682. The standard InChI is InChI=1S/C22H20ClN5O/c23-18-5-7-19(8-6-18)28-10-9-21(22(28)29)26-13-20-12-25-15-27(20)14-17-3-1-16(11-24)2-4-17/h1-8,12,15,21,26H,9-10,13-14H2/t21-/m1/s1. The third kappa shape index (κ3) is 4.32. The molecule has 2 heterocycles. The highest BCUT2D eigenvalue weighted by Crippen LogP contribution is 2.23. The third-order valence-electron chi connectivity index (χ3n) is 5.11. The fraction of sp³-hybridized carbons (Fsp3) is 0.227. The van der Waals surface area contributed by atoms with Crippen LogP contribution in [0, 0.1) is 11.3 Å². The Bertz CT molecular complexity index is 1040. The Labute approximate surface area is 174 Å². The van der Waals surface area contributed by atoms with Crippen LogP contribution in [0.25, 0.3) is 0 Å². The van der Waals surface area contributed by atoms with E-state index in [9.17, 15) is 4.79 Å². The van der Waals surface area contributed by atoms with Crippen LogP contribution < -0.4 is 10.2 Å². The fourth-order valence-corrected chi connectivity index (χ4v) is 3.62. The van der Waals surface area contributed by atoms with Crippen LogP contribution in [0.5, 0.6) is 0 Å². The zero-order valence-corrected chi connectivity index (χ0v) is 16.5. The van der Waals surface area contributed by atoms with Crippen molar-refractivity contribution < 1.29 is 4.79 Å². The number of nitrogens with zero attached hydrogens (tertiary/aromatic N) is 4. The van der Waals surface area contributed by atoms with Gasteiger partial charge < -0.3 is 14.8 Å². The molecule has 1 aliphatic heterocycles. The summed E-state index contributed by atoms with van der Waals surface area (Å²) >= 11 is 5.94. The number of benzene rings is 2. The number of rotatable bonds is 6. The molecule has 4 rings (SSSR count). The summed E-state index contributed by atoms with van der Waals surface area (Å²) in [6.45, 7) is 1.90. The number of carbonyl (C=O) groups is 1. The van der Waals surface area contributed by atoms with Gasteiger partial charge in [0.05, 0.1) is 29.7 Å². The molecule has 1 aliphatic rings. The molecule has 1 amide bonds. The minimum Gasteiger partial charge on any atom is -0.329 e. The molecule has 1 N–H and O–H groups in total. The van der Waals surface area contributed by atoms with Crippen LogP contribution in [0.4, 0.5) is 5.69 Å². The lowest BCUT2D eigenvalue weighted by atomic mass is 10.1. The number of aromatic nitrogens is 2. The minimum atomic E-state index is -0.219. The summed E-state index contributed by atoms with van der Waals surface area (Å²) in [5.74, 6) is 0.0745. The summed E-state index contributed by atoms with van der Waals surface area (Å²) in [7, 11) is 0. The van der Waals surface area contributed by atoms with Gasteiger partial charge in [0.2, 0.25) is 5.91 Å². The van der Waals surface area contributed by atoms with Gasteiger partial charge in [-0.15, -0.1) is 0 Å². The van der Waals surface area contributed by atoms with E-state index in [0.717, 1.165) is 23.4 Å². The van der Waals surface area contributed by atoms with Gasteiger partial charge in [0.1, 0.15) is 0 Å². The second kappa shape index (κ2) is 8.48. The summed E-state index contributed by atoms with van der Waals surface area (Å²) in [5, 5.41) is 12.9. The van der Waals surface area contributed by atoms with Crippen molar-refractivity contribution in [2.75, 3.05) is 11.4 Å². The second-order valence-corrected chi connectivity index (χ2v) is 7.45. The predicted octanol–water partition coefficient (Wildman–Crippen LogP) is 3.35. The number of hydrogen-bond acceptors (Lipinski definition) is 4. The summed E-state index contributed by atoms with van der Waals surface area (Å²) in [4.78, 5) is 18.8. The molecule has 1 saturated heterocycles. The van der Waals surface area contributed by atoms with Gasteiger partial charge in [-0.25, -0.2) is 4.98 Å². The highest BCUT2D eigenvalue weighted by atomic mass is 35.5. The number of hydrogen-bond donors (Lipinski definition) is 1. The van der Waals surface area contributed by atoms with E-state index in [4.69, 9.17) is 16.9 Å². The third-order valence-corrected chi connectivity index (χ3v) is 5.36. The molecule has 1 aromatic heterocycles. The second-order valence-electron chi connectivity index (χ2n) is 7.01. The van der Waals surface area contributed by atoms with E-state index in [-0.39, 0.29) is 11.9 Å². The summed E-state index contributed by atoms with van der Waals surface area (Å²) in [6.07, 6.45) is 4.35. The van der Waals surface area contributed by atoms with Gasteiger partial charge in [0.15, 0.2) is 0 Å². The summed E-state index contributed by atoms with van der Waals surface area (Å²) in [5.41, 5.74) is 3.61. The van der Waals surface area contributed by atoms with Crippen molar-refractivity contribution in [1.82, 2.24) is 14.9 Å². The molecule has 3 aromatic rings. The number of amides is 1. The Morgan fingerprint density at radius 2 is 1.93 bits per heavy atom. The zero-order chi connectivity index (χ0) is 20.2. The van der Waals surface area contributed by atoms with Crippen LogP contribution in [0.2, 0.25) is 5.02 Å². The normalized spacial score (nSPS) is 16.2. The Kier molecular flexibility index (Phi) is 5.61. The molecule has 0 unspecified atom stereocenters. The fourth-order valence-electron chi connectivity index (χ4n) is 3.49. The van der Waals surface area contributed by atoms with Crippen molar-refractivity contribution in [1.29, 1.82) is 5.26 Å². The van der Waals surface area contributed by atoms with Crippen molar-refractivity contribution in [3.63, 3.8) is 0 Å². The molecule has 0 radical (unpaired) electrons. The largest absolute Gasteiger partial charge is 0.329 e. The highest BCUT2D eigenvalue weighted by molar-refractivity contribution is 6.30. The maximum atomic E-state index is 12.8. The molecule has 0 spiro atoms. The molecule has 2 aromatic carbocycles. The average molecular weight is 406 g/mol. The smallest absolute Gasteiger partial charge is 0.244 e. The average Bonchev–Trinajstić information content (AvgIpc) is 3.34. The van der Waals surface area contributed by atoms with Gasteiger partial charge in [-0.1, -0.05) is 23.7 Å². The lowest BCUT2D eigenvalue weighted by Gasteiger charge is -2.17. The van der Waals surface area contributed by atoms with E-state index in [1.54, 1.807) is 23.4 Å². The number of anilines is 1. The van der Waals surface area contributed by atoms with Gasteiger partial charge in [0.25, 0.3) is 0 Å². The van der Waals surface area contributed by atoms with Crippen LogP contribution in [-0.4, -0.2) is 28.0 Å². The van der Waals surface area contributed by atoms with Crippen LogP contribution in [0.15, 0.2) is 61.1 Å². The molecule has 6 nitrogen and oxygen atoms in total. The Hall–Kier alpha value is -3.14. The molecule has 0 saturated carbocycles. The first kappa shape index (κ1) is 19.2. The molecule has 29 heavy (non-hydrogen) atoms. The van der Waals surface area contributed by atoms with Crippen LogP contribution in [-0.2, 0) is 17.9 Å². The number of carbonyl (C=O) groups excluding carboxylic acids is 1. The van der Waals surface area contributed by atoms with E-state index < -0.39 is 0 Å². The maximum Gasteiger partial charge on any atom is 0.244 e. The Balaban J connectivity index is 1.37. The lowest BCUT2D eigenvalue weighted by molar-refractivity contribution is -0.118. The maximum absolute atomic E-state index is 12.8. The lowest BCUT2D eigenvalue weighted by Crippen LogP contribution is -2.38. The van der Waals surface area contributed by atoms with E-state index in [1.807, 2.05) is 47.2 Å². The van der Waals surface area contributed by atoms with Gasteiger partial charge in [-0.05, 0) is 48.4 Å². The van der Waals surface area contributed by atoms with Crippen molar-refractivity contribution in [2.45, 2.75) is 25.6 Å². The topological polar surface area (TPSA) is 74.0 Å². The van der Waals surface area contributed by atoms with Gasteiger partial charge in [-0.3, -0.25) is 4.79 Å². The Morgan fingerprint density at radius 3 is 2.66 bits per heavy atom. The van der Waals surface area contributed by atoms with Crippen molar-refractivity contribution in [2.24, 2.45) is 0 Å². The van der Waals surface area contributed by atoms with Crippen molar-refractivity contribution in [3.8, 4) is 6.07 Å².